The van der Waals surface area contributed by atoms with Crippen LogP contribution in [0.5, 0.6) is 0 Å². The van der Waals surface area contributed by atoms with Crippen LogP contribution in [0.15, 0.2) is 78.9 Å². The summed E-state index contributed by atoms with van der Waals surface area (Å²) in [5.74, 6) is 1.33. The summed E-state index contributed by atoms with van der Waals surface area (Å²) >= 11 is 0. The number of aromatic nitrogens is 4. The molecule has 0 radical (unpaired) electrons. The molecular weight excluding hydrogens is 486 g/mol. The minimum atomic E-state index is -0.598. The Kier molecular flexibility index (Phi) is 8.05. The van der Waals surface area contributed by atoms with Gasteiger partial charge < -0.3 is 4.74 Å². The van der Waals surface area contributed by atoms with E-state index in [-0.39, 0.29) is 6.09 Å². The van der Waals surface area contributed by atoms with Crippen LogP contribution in [0.3, 0.4) is 0 Å². The molecule has 0 aliphatic heterocycles. The summed E-state index contributed by atoms with van der Waals surface area (Å²) in [6, 6.07) is 26.6. The number of ether oxygens (including phenoxy) is 1. The van der Waals surface area contributed by atoms with Crippen molar-refractivity contribution in [3.8, 4) is 11.4 Å². The summed E-state index contributed by atoms with van der Waals surface area (Å²) in [6.07, 6.45) is 6.14. The standard InChI is InChI=1S/C32H37N5O2/c1-32(2,3)39-31(38)36(22-25-14-16-27(17-15-25)26-12-8-5-9-13-26)29-20-18-28(19-21-29)30-33-34-35-37(30)23-24-10-6-4-7-11-24/h4,6-7,10-11,14-21,26H,5,8-9,12-13,22-23H2,1-3H3. The Labute approximate surface area is 230 Å². The average Bonchev–Trinajstić information content (AvgIpc) is 3.40. The molecule has 0 bridgehead atoms. The summed E-state index contributed by atoms with van der Waals surface area (Å²) in [4.78, 5) is 15.0. The third-order valence-electron chi connectivity index (χ3n) is 7.16. The lowest BCUT2D eigenvalue weighted by Crippen LogP contribution is -2.36. The van der Waals surface area contributed by atoms with Crippen molar-refractivity contribution in [3.05, 3.63) is 95.6 Å². The number of nitrogens with zero attached hydrogens (tertiary/aromatic N) is 5. The maximum Gasteiger partial charge on any atom is 0.415 e. The van der Waals surface area contributed by atoms with Crippen molar-refractivity contribution in [2.24, 2.45) is 0 Å². The van der Waals surface area contributed by atoms with Gasteiger partial charge in [-0.2, -0.15) is 0 Å². The zero-order valence-corrected chi connectivity index (χ0v) is 23.1. The molecule has 0 saturated heterocycles. The highest BCUT2D eigenvalue weighted by atomic mass is 16.6. The summed E-state index contributed by atoms with van der Waals surface area (Å²) in [7, 11) is 0. The number of hydrogen-bond donors (Lipinski definition) is 0. The average molecular weight is 524 g/mol. The largest absolute Gasteiger partial charge is 0.443 e. The number of amides is 1. The third kappa shape index (κ3) is 6.91. The van der Waals surface area contributed by atoms with Crippen molar-refractivity contribution in [3.63, 3.8) is 0 Å². The molecule has 3 aromatic carbocycles. The van der Waals surface area contributed by atoms with Crippen LogP contribution in [0.25, 0.3) is 11.4 Å². The summed E-state index contributed by atoms with van der Waals surface area (Å²) in [5, 5.41) is 12.3. The Morgan fingerprint density at radius 1 is 0.897 bits per heavy atom. The summed E-state index contributed by atoms with van der Waals surface area (Å²) < 4.78 is 7.57. The van der Waals surface area contributed by atoms with Gasteiger partial charge in [0.05, 0.1) is 13.1 Å². The lowest BCUT2D eigenvalue weighted by Gasteiger charge is -2.28. The van der Waals surface area contributed by atoms with Crippen molar-refractivity contribution in [2.75, 3.05) is 4.90 Å². The molecule has 4 aromatic rings. The second kappa shape index (κ2) is 11.8. The number of anilines is 1. The first-order chi connectivity index (χ1) is 18.9. The molecule has 1 aliphatic carbocycles. The van der Waals surface area contributed by atoms with E-state index >= 15 is 0 Å². The summed E-state index contributed by atoms with van der Waals surface area (Å²) in [6.45, 7) is 6.66. The number of rotatable bonds is 7. The van der Waals surface area contributed by atoms with Gasteiger partial charge in [0.15, 0.2) is 5.82 Å². The molecule has 39 heavy (non-hydrogen) atoms. The highest BCUT2D eigenvalue weighted by Gasteiger charge is 2.24. The highest BCUT2D eigenvalue weighted by molar-refractivity contribution is 5.88. The van der Waals surface area contributed by atoms with E-state index in [2.05, 4.69) is 51.9 Å². The van der Waals surface area contributed by atoms with Gasteiger partial charge in [0, 0.05) is 11.3 Å². The second-order valence-corrected chi connectivity index (χ2v) is 11.3. The van der Waals surface area contributed by atoms with Crippen molar-refractivity contribution in [1.29, 1.82) is 0 Å². The minimum absolute atomic E-state index is 0.375. The van der Waals surface area contributed by atoms with E-state index in [1.165, 1.54) is 37.7 Å². The molecule has 1 heterocycles. The van der Waals surface area contributed by atoms with Crippen LogP contribution < -0.4 is 4.90 Å². The minimum Gasteiger partial charge on any atom is -0.443 e. The molecule has 1 amide bonds. The van der Waals surface area contributed by atoms with E-state index in [9.17, 15) is 4.79 Å². The van der Waals surface area contributed by atoms with Crippen molar-refractivity contribution >= 4 is 11.8 Å². The maximum absolute atomic E-state index is 13.3. The summed E-state index contributed by atoms with van der Waals surface area (Å²) in [5.41, 5.74) is 4.62. The Morgan fingerprint density at radius 3 is 2.26 bits per heavy atom. The fraction of sp³-hybridized carbons (Fsp3) is 0.375. The molecule has 1 aliphatic rings. The SMILES string of the molecule is CC(C)(C)OC(=O)N(Cc1ccc(C2CCCCC2)cc1)c1ccc(-c2nnnn2Cc2ccccc2)cc1. The van der Waals surface area contributed by atoms with Gasteiger partial charge in [-0.15, -0.1) is 5.10 Å². The molecule has 1 aromatic heterocycles. The van der Waals surface area contributed by atoms with Crippen LogP contribution in [0.4, 0.5) is 10.5 Å². The van der Waals surface area contributed by atoms with Gasteiger partial charge in [0.2, 0.25) is 0 Å². The maximum atomic E-state index is 13.3. The van der Waals surface area contributed by atoms with E-state index in [0.29, 0.717) is 24.8 Å². The van der Waals surface area contributed by atoms with Crippen LogP contribution in [-0.2, 0) is 17.8 Å². The predicted octanol–water partition coefficient (Wildman–Crippen LogP) is 7.38. The molecule has 0 unspecified atom stereocenters. The number of tetrazole rings is 1. The Hall–Kier alpha value is -4.00. The molecular formula is C32H37N5O2. The van der Waals surface area contributed by atoms with Gasteiger partial charge in [-0.05, 0) is 90.9 Å². The first-order valence-electron chi connectivity index (χ1n) is 13.9. The fourth-order valence-electron chi connectivity index (χ4n) is 5.16. The Morgan fingerprint density at radius 2 is 1.59 bits per heavy atom. The predicted molar refractivity (Wildman–Crippen MR) is 153 cm³/mol. The number of carbonyl (C=O) groups excluding carboxylic acids is 1. The van der Waals surface area contributed by atoms with E-state index in [1.807, 2.05) is 63.2 Å². The van der Waals surface area contributed by atoms with E-state index in [4.69, 9.17) is 4.74 Å². The quantitative estimate of drug-likeness (QED) is 0.253. The fourth-order valence-corrected chi connectivity index (χ4v) is 5.16. The van der Waals surface area contributed by atoms with E-state index in [0.717, 1.165) is 22.4 Å². The molecule has 202 valence electrons. The molecule has 0 atom stereocenters. The Balaban J connectivity index is 1.36. The zero-order chi connectivity index (χ0) is 27.2. The highest BCUT2D eigenvalue weighted by Crippen LogP contribution is 2.33. The number of hydrogen-bond acceptors (Lipinski definition) is 5. The lowest BCUT2D eigenvalue weighted by molar-refractivity contribution is 0.0577. The zero-order valence-electron chi connectivity index (χ0n) is 23.1. The van der Waals surface area contributed by atoms with Crippen LogP contribution in [-0.4, -0.2) is 31.9 Å². The normalized spacial score (nSPS) is 14.2. The number of benzene rings is 3. The van der Waals surface area contributed by atoms with E-state index in [1.54, 1.807) is 9.58 Å². The van der Waals surface area contributed by atoms with Crippen LogP contribution in [0.2, 0.25) is 0 Å². The third-order valence-corrected chi connectivity index (χ3v) is 7.16. The lowest BCUT2D eigenvalue weighted by atomic mass is 9.84. The number of carbonyl (C=O) groups is 1. The monoisotopic (exact) mass is 523 g/mol. The molecule has 1 fully saturated rings. The van der Waals surface area contributed by atoms with Crippen LogP contribution in [0, 0.1) is 0 Å². The molecule has 0 N–H and O–H groups in total. The topological polar surface area (TPSA) is 73.1 Å². The molecule has 0 spiro atoms. The van der Waals surface area contributed by atoms with E-state index < -0.39 is 5.60 Å². The van der Waals surface area contributed by atoms with Gasteiger partial charge in [0.1, 0.15) is 5.60 Å². The Bertz CT molecular complexity index is 1350. The van der Waals surface area contributed by atoms with Gasteiger partial charge in [-0.25, -0.2) is 9.48 Å². The molecule has 7 nitrogen and oxygen atoms in total. The first kappa shape index (κ1) is 26.6. The second-order valence-electron chi connectivity index (χ2n) is 11.3. The molecule has 5 rings (SSSR count). The van der Waals surface area contributed by atoms with Crippen LogP contribution in [0.1, 0.15) is 75.5 Å². The van der Waals surface area contributed by atoms with Gasteiger partial charge in [-0.1, -0.05) is 73.9 Å². The van der Waals surface area contributed by atoms with Crippen molar-refractivity contribution in [1.82, 2.24) is 20.2 Å². The van der Waals surface area contributed by atoms with Gasteiger partial charge in [0.25, 0.3) is 0 Å². The van der Waals surface area contributed by atoms with Gasteiger partial charge in [-0.3, -0.25) is 4.90 Å². The van der Waals surface area contributed by atoms with Gasteiger partial charge >= 0.3 is 6.09 Å². The van der Waals surface area contributed by atoms with Crippen molar-refractivity contribution in [2.45, 2.75) is 77.5 Å². The smallest absolute Gasteiger partial charge is 0.415 e. The van der Waals surface area contributed by atoms with Crippen LogP contribution >= 0.6 is 0 Å². The van der Waals surface area contributed by atoms with Crippen molar-refractivity contribution < 1.29 is 9.53 Å². The molecule has 7 heteroatoms. The molecule has 1 saturated carbocycles. The first-order valence-corrected chi connectivity index (χ1v) is 13.9.